The van der Waals surface area contributed by atoms with Crippen LogP contribution in [0, 0.1) is 11.7 Å². The second kappa shape index (κ2) is 6.27. The molecule has 0 radical (unpaired) electrons. The molecule has 6 nitrogen and oxygen atoms in total. The van der Waals surface area contributed by atoms with Crippen molar-refractivity contribution in [1.82, 2.24) is 19.0 Å². The van der Waals surface area contributed by atoms with Gasteiger partial charge in [0.15, 0.2) is 0 Å². The Hall–Kier alpha value is -3.19. The van der Waals surface area contributed by atoms with Crippen LogP contribution < -0.4 is 5.56 Å². The van der Waals surface area contributed by atoms with Crippen molar-refractivity contribution in [2.75, 3.05) is 0 Å². The van der Waals surface area contributed by atoms with Gasteiger partial charge in [0.1, 0.15) is 0 Å². The quantitative estimate of drug-likeness (QED) is 0.448. The SMILES string of the molecule is Cc1[nH]n(-c2ccccc2)c(=O)c1/C=N/n1c(=S)n(C)c2ccccc21. The average Bonchev–Trinajstić information content (AvgIpc) is 3.09. The molecule has 0 aliphatic carbocycles. The maximum atomic E-state index is 12.8. The van der Waals surface area contributed by atoms with Crippen molar-refractivity contribution in [3.63, 3.8) is 0 Å². The Morgan fingerprint density at radius 2 is 1.69 bits per heavy atom. The molecule has 2 aromatic carbocycles. The van der Waals surface area contributed by atoms with Crippen LogP contribution in [0.25, 0.3) is 16.7 Å². The van der Waals surface area contributed by atoms with E-state index < -0.39 is 0 Å². The van der Waals surface area contributed by atoms with E-state index in [2.05, 4.69) is 10.2 Å². The van der Waals surface area contributed by atoms with E-state index in [1.807, 2.05) is 73.1 Å². The lowest BCUT2D eigenvalue weighted by Gasteiger charge is -1.99. The Morgan fingerprint density at radius 1 is 1.04 bits per heavy atom. The van der Waals surface area contributed by atoms with Gasteiger partial charge in [0.05, 0.1) is 28.5 Å². The number of aromatic nitrogens is 4. The molecule has 0 bridgehead atoms. The zero-order valence-electron chi connectivity index (χ0n) is 14.4. The van der Waals surface area contributed by atoms with Crippen LogP contribution in [0.5, 0.6) is 0 Å². The average molecular weight is 363 g/mol. The first kappa shape index (κ1) is 16.3. The van der Waals surface area contributed by atoms with Gasteiger partial charge < -0.3 is 4.57 Å². The van der Waals surface area contributed by atoms with E-state index in [0.717, 1.165) is 22.4 Å². The van der Waals surface area contributed by atoms with Crippen molar-refractivity contribution < 1.29 is 0 Å². The minimum atomic E-state index is -0.149. The molecule has 0 fully saturated rings. The number of H-pyrrole nitrogens is 1. The molecule has 0 amide bonds. The van der Waals surface area contributed by atoms with E-state index in [9.17, 15) is 4.79 Å². The highest BCUT2D eigenvalue weighted by atomic mass is 32.1. The normalized spacial score (nSPS) is 11.6. The van der Waals surface area contributed by atoms with E-state index in [1.54, 1.807) is 10.9 Å². The molecule has 0 saturated carbocycles. The van der Waals surface area contributed by atoms with Crippen LogP contribution in [0.3, 0.4) is 0 Å². The van der Waals surface area contributed by atoms with E-state index in [1.165, 1.54) is 4.68 Å². The van der Waals surface area contributed by atoms with Gasteiger partial charge in [0, 0.05) is 12.7 Å². The monoisotopic (exact) mass is 363 g/mol. The smallest absolute Gasteiger partial charge is 0.280 e. The Bertz CT molecular complexity index is 1240. The van der Waals surface area contributed by atoms with E-state index in [0.29, 0.717) is 10.3 Å². The number of nitrogens with one attached hydrogen (secondary N) is 1. The maximum absolute atomic E-state index is 12.8. The summed E-state index contributed by atoms with van der Waals surface area (Å²) in [4.78, 5) is 12.8. The highest BCUT2D eigenvalue weighted by Gasteiger charge is 2.11. The molecule has 7 heteroatoms. The van der Waals surface area contributed by atoms with Crippen molar-refractivity contribution in [3.05, 3.63) is 81.0 Å². The van der Waals surface area contributed by atoms with Gasteiger partial charge in [-0.3, -0.25) is 9.89 Å². The fourth-order valence-electron chi connectivity index (χ4n) is 2.97. The van der Waals surface area contributed by atoms with Gasteiger partial charge in [-0.1, -0.05) is 30.3 Å². The number of aromatic amines is 1. The second-order valence-electron chi connectivity index (χ2n) is 6.01. The van der Waals surface area contributed by atoms with Crippen molar-refractivity contribution in [3.8, 4) is 5.69 Å². The lowest BCUT2D eigenvalue weighted by Crippen LogP contribution is -2.17. The Balaban J connectivity index is 1.82. The number of imidazole rings is 1. The van der Waals surface area contributed by atoms with Gasteiger partial charge in [-0.2, -0.15) is 5.10 Å². The van der Waals surface area contributed by atoms with E-state index >= 15 is 0 Å². The molecule has 0 spiro atoms. The summed E-state index contributed by atoms with van der Waals surface area (Å²) in [6.45, 7) is 1.85. The number of fused-ring (bicyclic) bond motifs is 1. The van der Waals surface area contributed by atoms with Crippen LogP contribution in [0.1, 0.15) is 11.3 Å². The summed E-state index contributed by atoms with van der Waals surface area (Å²) in [6.07, 6.45) is 1.57. The molecule has 2 aromatic heterocycles. The number of hydrogen-bond donors (Lipinski definition) is 1. The van der Waals surface area contributed by atoms with E-state index in [-0.39, 0.29) is 5.56 Å². The first-order valence-corrected chi connectivity index (χ1v) is 8.56. The lowest BCUT2D eigenvalue weighted by atomic mass is 10.3. The topological polar surface area (TPSA) is 60.0 Å². The molecule has 0 atom stereocenters. The number of aryl methyl sites for hydroxylation is 2. The second-order valence-corrected chi connectivity index (χ2v) is 6.38. The third-order valence-electron chi connectivity index (χ3n) is 4.37. The van der Waals surface area contributed by atoms with Gasteiger partial charge in [0.25, 0.3) is 5.56 Å². The van der Waals surface area contributed by atoms with Crippen LogP contribution in [0.15, 0.2) is 64.5 Å². The minimum Gasteiger partial charge on any atom is -0.318 e. The number of rotatable bonds is 3. The van der Waals surface area contributed by atoms with Crippen molar-refractivity contribution >= 4 is 29.5 Å². The highest BCUT2D eigenvalue weighted by molar-refractivity contribution is 7.71. The molecule has 0 aliphatic heterocycles. The van der Waals surface area contributed by atoms with Crippen molar-refractivity contribution in [2.24, 2.45) is 12.1 Å². The molecule has 0 aliphatic rings. The highest BCUT2D eigenvalue weighted by Crippen LogP contribution is 2.16. The van der Waals surface area contributed by atoms with Crippen LogP contribution in [-0.2, 0) is 7.05 Å². The molecular formula is C19H17N5OS. The minimum absolute atomic E-state index is 0.149. The molecule has 4 rings (SSSR count). The Labute approximate surface area is 154 Å². The third-order valence-corrected chi connectivity index (χ3v) is 4.82. The summed E-state index contributed by atoms with van der Waals surface area (Å²) in [5, 5.41) is 7.58. The van der Waals surface area contributed by atoms with Crippen LogP contribution >= 0.6 is 12.2 Å². The summed E-state index contributed by atoms with van der Waals surface area (Å²) in [5.74, 6) is 0. The van der Waals surface area contributed by atoms with Gasteiger partial charge in [-0.25, -0.2) is 9.36 Å². The predicted molar refractivity (Wildman–Crippen MR) is 106 cm³/mol. The fourth-order valence-corrected chi connectivity index (χ4v) is 3.22. The number of hydrogen-bond acceptors (Lipinski definition) is 3. The summed E-state index contributed by atoms with van der Waals surface area (Å²) in [5.41, 5.74) is 3.76. The molecule has 26 heavy (non-hydrogen) atoms. The van der Waals surface area contributed by atoms with Gasteiger partial charge in [-0.15, -0.1) is 0 Å². The zero-order valence-corrected chi connectivity index (χ0v) is 15.2. The van der Waals surface area contributed by atoms with Gasteiger partial charge >= 0.3 is 0 Å². The molecule has 4 aromatic rings. The maximum Gasteiger partial charge on any atom is 0.280 e. The fraction of sp³-hybridized carbons (Fsp3) is 0.105. The molecule has 1 N–H and O–H groups in total. The molecular weight excluding hydrogens is 346 g/mol. The standard InChI is InChI=1S/C19H17N5OS/c1-13-15(18(25)23(21-13)14-8-4-3-5-9-14)12-20-24-17-11-7-6-10-16(17)22(2)19(24)26/h3-12,21H,1-2H3/b20-12+. The molecule has 0 saturated heterocycles. The Kier molecular flexibility index (Phi) is 3.93. The summed E-state index contributed by atoms with van der Waals surface area (Å²) >= 11 is 5.48. The number of para-hydroxylation sites is 3. The summed E-state index contributed by atoms with van der Waals surface area (Å²) in [7, 11) is 1.90. The van der Waals surface area contributed by atoms with Crippen LogP contribution in [-0.4, -0.2) is 25.2 Å². The zero-order chi connectivity index (χ0) is 18.3. The number of nitrogens with zero attached hydrogens (tertiary/aromatic N) is 4. The lowest BCUT2D eigenvalue weighted by molar-refractivity contribution is 0.818. The Morgan fingerprint density at radius 3 is 2.42 bits per heavy atom. The van der Waals surface area contributed by atoms with Crippen LogP contribution in [0.2, 0.25) is 0 Å². The largest absolute Gasteiger partial charge is 0.318 e. The van der Waals surface area contributed by atoms with E-state index in [4.69, 9.17) is 12.2 Å². The third kappa shape index (κ3) is 2.53. The first-order valence-electron chi connectivity index (χ1n) is 8.16. The predicted octanol–water partition coefficient (Wildman–Crippen LogP) is 3.38. The summed E-state index contributed by atoms with van der Waals surface area (Å²) in [6, 6.07) is 17.3. The van der Waals surface area contributed by atoms with Gasteiger partial charge in [-0.05, 0) is 43.4 Å². The van der Waals surface area contributed by atoms with Crippen molar-refractivity contribution in [2.45, 2.75) is 6.92 Å². The van der Waals surface area contributed by atoms with Gasteiger partial charge in [0.2, 0.25) is 4.77 Å². The molecule has 130 valence electrons. The van der Waals surface area contributed by atoms with Crippen LogP contribution in [0.4, 0.5) is 0 Å². The number of benzene rings is 2. The molecule has 0 unspecified atom stereocenters. The summed E-state index contributed by atoms with van der Waals surface area (Å²) < 4.78 is 5.65. The molecule has 2 heterocycles. The van der Waals surface area contributed by atoms with Crippen molar-refractivity contribution in [1.29, 1.82) is 0 Å². The first-order chi connectivity index (χ1) is 12.6.